The van der Waals surface area contributed by atoms with E-state index >= 15 is 0 Å². The first-order valence-corrected chi connectivity index (χ1v) is 11.6. The minimum absolute atomic E-state index is 0.0216. The van der Waals surface area contributed by atoms with Gasteiger partial charge < -0.3 is 24.4 Å². The molecular weight excluding hydrogens is 462 g/mol. The zero-order valence-electron chi connectivity index (χ0n) is 19.8. The third-order valence-corrected chi connectivity index (χ3v) is 6.08. The fourth-order valence-electron chi connectivity index (χ4n) is 4.01. The predicted molar refractivity (Wildman–Crippen MR) is 129 cm³/mol. The van der Waals surface area contributed by atoms with Gasteiger partial charge in [0.1, 0.15) is 17.6 Å². The number of aryl methyl sites for hydroxylation is 1. The molecule has 2 heterocycles. The Morgan fingerprint density at radius 1 is 0.972 bits per heavy atom. The molecule has 5 rings (SSSR count). The largest absolute Gasteiger partial charge is 0.490 e. The van der Waals surface area contributed by atoms with Crippen LogP contribution < -0.4 is 14.8 Å². The first kappa shape index (κ1) is 23.3. The number of carbonyl (C=O) groups is 1. The number of amides is 1. The van der Waals surface area contributed by atoms with Crippen LogP contribution in [0.3, 0.4) is 0 Å². The maximum absolute atomic E-state index is 10.7. The SMILES string of the molecule is Cc1nc(-c2ncc(Oc3ccc(C(C)c4ccc(O[C@H]5C[C@H](NC(=O)O)C5)cc4)cc3)cn2)no1. The van der Waals surface area contributed by atoms with Crippen LogP contribution in [0.15, 0.2) is 65.4 Å². The van der Waals surface area contributed by atoms with Gasteiger partial charge in [-0.2, -0.15) is 4.98 Å². The lowest BCUT2D eigenvalue weighted by Crippen LogP contribution is -2.48. The van der Waals surface area contributed by atoms with Crippen molar-refractivity contribution in [1.29, 1.82) is 0 Å². The lowest BCUT2D eigenvalue weighted by molar-refractivity contribution is 0.0833. The Hall–Kier alpha value is -4.47. The van der Waals surface area contributed by atoms with E-state index in [1.54, 1.807) is 19.3 Å². The summed E-state index contributed by atoms with van der Waals surface area (Å²) in [6.07, 6.45) is 3.57. The minimum Gasteiger partial charge on any atom is -0.490 e. The van der Waals surface area contributed by atoms with E-state index in [0.717, 1.165) is 16.9 Å². The number of rotatable bonds is 8. The van der Waals surface area contributed by atoms with Crippen molar-refractivity contribution in [3.63, 3.8) is 0 Å². The van der Waals surface area contributed by atoms with Crippen LogP contribution in [0.5, 0.6) is 17.2 Å². The normalized spacial score (nSPS) is 17.6. The highest BCUT2D eigenvalue weighted by atomic mass is 16.5. The minimum atomic E-state index is -0.990. The fraction of sp³-hybridized carbons (Fsp3) is 0.269. The summed E-state index contributed by atoms with van der Waals surface area (Å²) in [5, 5.41) is 15.0. The van der Waals surface area contributed by atoms with Crippen LogP contribution in [0, 0.1) is 6.92 Å². The number of nitrogens with one attached hydrogen (secondary N) is 1. The Kier molecular flexibility index (Phi) is 6.48. The molecule has 1 aliphatic carbocycles. The van der Waals surface area contributed by atoms with Crippen LogP contribution in [0.2, 0.25) is 0 Å². The third kappa shape index (κ3) is 5.43. The zero-order valence-corrected chi connectivity index (χ0v) is 19.8. The third-order valence-electron chi connectivity index (χ3n) is 6.08. The predicted octanol–water partition coefficient (Wildman–Crippen LogP) is 4.96. The number of aromatic nitrogens is 4. The second kappa shape index (κ2) is 10.0. The molecule has 184 valence electrons. The molecule has 36 heavy (non-hydrogen) atoms. The van der Waals surface area contributed by atoms with Crippen molar-refractivity contribution < 1.29 is 23.9 Å². The van der Waals surface area contributed by atoms with E-state index < -0.39 is 6.09 Å². The maximum Gasteiger partial charge on any atom is 0.404 e. The molecule has 10 heteroatoms. The van der Waals surface area contributed by atoms with E-state index in [-0.39, 0.29) is 18.1 Å². The van der Waals surface area contributed by atoms with Gasteiger partial charge in [-0.25, -0.2) is 14.8 Å². The summed E-state index contributed by atoms with van der Waals surface area (Å²) in [7, 11) is 0. The van der Waals surface area contributed by atoms with E-state index in [2.05, 4.69) is 44.5 Å². The van der Waals surface area contributed by atoms with Gasteiger partial charge in [-0.05, 0) is 35.4 Å². The summed E-state index contributed by atoms with van der Waals surface area (Å²) in [6.45, 7) is 3.85. The monoisotopic (exact) mass is 487 g/mol. The van der Waals surface area contributed by atoms with Gasteiger partial charge >= 0.3 is 6.09 Å². The van der Waals surface area contributed by atoms with Gasteiger partial charge in [0.15, 0.2) is 5.75 Å². The van der Waals surface area contributed by atoms with E-state index in [4.69, 9.17) is 19.1 Å². The Balaban J connectivity index is 1.15. The van der Waals surface area contributed by atoms with E-state index in [1.807, 2.05) is 36.4 Å². The number of hydrogen-bond donors (Lipinski definition) is 2. The molecular formula is C26H25N5O5. The van der Waals surface area contributed by atoms with Gasteiger partial charge in [-0.15, -0.1) is 0 Å². The average molecular weight is 488 g/mol. The molecule has 2 N–H and O–H groups in total. The summed E-state index contributed by atoms with van der Waals surface area (Å²) in [5.74, 6) is 3.31. The van der Waals surface area contributed by atoms with Crippen LogP contribution >= 0.6 is 0 Å². The molecule has 1 fully saturated rings. The summed E-state index contributed by atoms with van der Waals surface area (Å²) in [6, 6.07) is 15.9. The number of ether oxygens (including phenoxy) is 2. The van der Waals surface area contributed by atoms with Crippen LogP contribution in [-0.2, 0) is 0 Å². The van der Waals surface area contributed by atoms with Gasteiger partial charge in [0.25, 0.3) is 0 Å². The summed E-state index contributed by atoms with van der Waals surface area (Å²) < 4.78 is 16.8. The van der Waals surface area contributed by atoms with Crippen LogP contribution in [-0.4, -0.2) is 43.5 Å². The molecule has 0 bridgehead atoms. The molecule has 0 radical (unpaired) electrons. The first-order chi connectivity index (χ1) is 17.4. The summed E-state index contributed by atoms with van der Waals surface area (Å²) >= 11 is 0. The second-order valence-electron chi connectivity index (χ2n) is 8.70. The molecule has 1 amide bonds. The highest BCUT2D eigenvalue weighted by molar-refractivity contribution is 5.65. The number of nitrogens with zero attached hydrogens (tertiary/aromatic N) is 4. The highest BCUT2D eigenvalue weighted by Crippen LogP contribution is 2.30. The van der Waals surface area contributed by atoms with Crippen molar-refractivity contribution in [3.8, 4) is 28.9 Å². The van der Waals surface area contributed by atoms with Crippen molar-refractivity contribution in [2.24, 2.45) is 0 Å². The Morgan fingerprint density at radius 3 is 2.14 bits per heavy atom. The van der Waals surface area contributed by atoms with Crippen LogP contribution in [0.4, 0.5) is 4.79 Å². The van der Waals surface area contributed by atoms with Crippen molar-refractivity contribution >= 4 is 6.09 Å². The molecule has 0 saturated heterocycles. The molecule has 2 aromatic carbocycles. The topological polar surface area (TPSA) is 132 Å². The van der Waals surface area contributed by atoms with Crippen LogP contribution in [0.25, 0.3) is 11.6 Å². The lowest BCUT2D eigenvalue weighted by Gasteiger charge is -2.35. The molecule has 0 spiro atoms. The summed E-state index contributed by atoms with van der Waals surface area (Å²) in [5.41, 5.74) is 2.31. The standard InChI is InChI=1S/C26H25N5O5/c1-15(17-3-7-20(8-4-17)34-22-11-19(12-22)30-26(32)33)18-5-9-21(10-6-18)35-23-13-27-24(28-14-23)25-29-16(2)36-31-25/h3-10,13-15,19,22,30H,11-12H2,1-2H3,(H,32,33)/t15?,19-,22-. The van der Waals surface area contributed by atoms with E-state index in [9.17, 15) is 4.79 Å². The fourth-order valence-corrected chi connectivity index (χ4v) is 4.01. The molecule has 2 aromatic heterocycles. The molecule has 1 saturated carbocycles. The molecule has 1 atom stereocenters. The number of hydrogen-bond acceptors (Lipinski definition) is 8. The van der Waals surface area contributed by atoms with Crippen molar-refractivity contribution in [2.45, 2.75) is 44.8 Å². The quantitative estimate of drug-likeness (QED) is 0.354. The summed E-state index contributed by atoms with van der Waals surface area (Å²) in [4.78, 5) is 23.3. The number of carboxylic acid groups (broad SMARTS) is 1. The Morgan fingerprint density at radius 2 is 1.58 bits per heavy atom. The Bertz CT molecular complexity index is 1320. The zero-order chi connectivity index (χ0) is 25.1. The van der Waals surface area contributed by atoms with Crippen molar-refractivity contribution in [2.75, 3.05) is 0 Å². The first-order valence-electron chi connectivity index (χ1n) is 11.6. The van der Waals surface area contributed by atoms with E-state index in [0.29, 0.717) is 41.9 Å². The van der Waals surface area contributed by atoms with Gasteiger partial charge in [0.2, 0.25) is 17.5 Å². The smallest absolute Gasteiger partial charge is 0.404 e. The van der Waals surface area contributed by atoms with E-state index in [1.165, 1.54) is 0 Å². The lowest BCUT2D eigenvalue weighted by atomic mass is 9.89. The van der Waals surface area contributed by atoms with Gasteiger partial charge in [0, 0.05) is 31.7 Å². The van der Waals surface area contributed by atoms with Crippen molar-refractivity contribution in [1.82, 2.24) is 25.4 Å². The molecule has 1 unspecified atom stereocenters. The van der Waals surface area contributed by atoms with Crippen LogP contribution in [0.1, 0.15) is 42.7 Å². The van der Waals surface area contributed by atoms with Gasteiger partial charge in [-0.1, -0.05) is 36.3 Å². The molecule has 1 aliphatic rings. The van der Waals surface area contributed by atoms with Gasteiger partial charge in [0.05, 0.1) is 12.4 Å². The number of benzene rings is 2. The van der Waals surface area contributed by atoms with Crippen molar-refractivity contribution in [3.05, 3.63) is 77.9 Å². The molecule has 10 nitrogen and oxygen atoms in total. The highest BCUT2D eigenvalue weighted by Gasteiger charge is 2.32. The second-order valence-corrected chi connectivity index (χ2v) is 8.70. The Labute approximate surface area is 207 Å². The molecule has 0 aliphatic heterocycles. The average Bonchev–Trinajstić information content (AvgIpc) is 3.29. The van der Waals surface area contributed by atoms with Gasteiger partial charge in [-0.3, -0.25) is 0 Å². The maximum atomic E-state index is 10.7. The molecule has 4 aromatic rings.